The lowest BCUT2D eigenvalue weighted by Crippen LogP contribution is -2.32. The van der Waals surface area contributed by atoms with E-state index in [1.165, 1.54) is 16.7 Å². The molecule has 3 heterocycles. The molecular formula is C24H19BrN2O6S2. The lowest BCUT2D eigenvalue weighted by molar-refractivity contribution is -0.145. The number of carbonyl (C=O) groups is 3. The first-order valence-electron chi connectivity index (χ1n) is 10.8. The van der Waals surface area contributed by atoms with Crippen LogP contribution in [0.15, 0.2) is 62.8 Å². The summed E-state index contributed by atoms with van der Waals surface area (Å²) in [5.74, 6) is -1.74. The number of amides is 2. The van der Waals surface area contributed by atoms with Gasteiger partial charge in [-0.05, 0) is 48.9 Å². The number of thioether (sulfide) groups is 1. The van der Waals surface area contributed by atoms with Crippen LogP contribution in [0.2, 0.25) is 0 Å². The molecule has 5 rings (SSSR count). The summed E-state index contributed by atoms with van der Waals surface area (Å²) in [4.78, 5) is 55.4. The first-order valence-corrected chi connectivity index (χ1v) is 13.3. The molecule has 1 N–H and O–H groups in total. The van der Waals surface area contributed by atoms with E-state index in [1.54, 1.807) is 55.5 Å². The zero-order chi connectivity index (χ0) is 24.7. The third-order valence-corrected chi connectivity index (χ3v) is 8.74. The molecule has 180 valence electrons. The summed E-state index contributed by atoms with van der Waals surface area (Å²) < 4.78 is 11.2. The summed E-state index contributed by atoms with van der Waals surface area (Å²) in [6, 6.07) is 14.0. The molecule has 35 heavy (non-hydrogen) atoms. The van der Waals surface area contributed by atoms with Crippen molar-refractivity contribution in [1.29, 1.82) is 0 Å². The summed E-state index contributed by atoms with van der Waals surface area (Å²) in [5, 5.41) is -0.0404. The minimum Gasteiger partial charge on any atom is -0.482 e. The Bertz CT molecular complexity index is 1350. The molecule has 2 aliphatic rings. The van der Waals surface area contributed by atoms with E-state index in [9.17, 15) is 19.2 Å². The highest BCUT2D eigenvalue weighted by atomic mass is 79.9. The molecule has 1 saturated heterocycles. The molecule has 0 spiro atoms. The summed E-state index contributed by atoms with van der Waals surface area (Å²) in [7, 11) is 0. The summed E-state index contributed by atoms with van der Waals surface area (Å²) in [6.07, 6.45) is 0. The number of rotatable bonds is 6. The maximum atomic E-state index is 13.7. The van der Waals surface area contributed by atoms with Gasteiger partial charge in [0, 0.05) is 15.3 Å². The Morgan fingerprint density at radius 1 is 1.06 bits per heavy atom. The second-order valence-corrected chi connectivity index (χ2v) is 11.0. The largest absolute Gasteiger partial charge is 0.482 e. The van der Waals surface area contributed by atoms with Gasteiger partial charge in [-0.15, -0.1) is 0 Å². The second kappa shape index (κ2) is 9.63. The van der Waals surface area contributed by atoms with Crippen LogP contribution in [0.4, 0.5) is 5.69 Å². The molecule has 1 aromatic heterocycles. The quantitative estimate of drug-likeness (QED) is 0.351. The van der Waals surface area contributed by atoms with Crippen LogP contribution in [0, 0.1) is 5.92 Å². The smallest absolute Gasteiger partial charge is 0.344 e. The maximum Gasteiger partial charge on any atom is 0.344 e. The zero-order valence-electron chi connectivity index (χ0n) is 18.4. The number of anilines is 1. The van der Waals surface area contributed by atoms with Crippen molar-refractivity contribution in [1.82, 2.24) is 4.98 Å². The van der Waals surface area contributed by atoms with Gasteiger partial charge in [-0.3, -0.25) is 14.4 Å². The van der Waals surface area contributed by atoms with Gasteiger partial charge in [0.05, 0.1) is 23.2 Å². The number of esters is 1. The maximum absolute atomic E-state index is 13.7. The van der Waals surface area contributed by atoms with Crippen molar-refractivity contribution in [3.05, 3.63) is 73.1 Å². The standard InChI is InChI=1S/C24H19BrN2O6S2/c1-2-32-16(28)11-33-15-9-3-12(4-10-15)17-18-20(34-21-19(17)35-24(31)26-21)23(30)27(22(18)29)14-7-5-13(25)6-8-14/h3-10,17-18,20H,2,11H2,1H3,(H,26,31)/t17-,18-,20+/m0/s1. The van der Waals surface area contributed by atoms with Crippen LogP contribution in [0.25, 0.3) is 0 Å². The predicted molar refractivity (Wildman–Crippen MR) is 135 cm³/mol. The number of hydrogen-bond acceptors (Lipinski definition) is 8. The van der Waals surface area contributed by atoms with Crippen LogP contribution in [-0.2, 0) is 19.1 Å². The molecule has 0 saturated carbocycles. The molecular weight excluding hydrogens is 556 g/mol. The highest BCUT2D eigenvalue weighted by Crippen LogP contribution is 2.53. The number of thiazole rings is 1. The van der Waals surface area contributed by atoms with Crippen molar-refractivity contribution in [2.45, 2.75) is 23.1 Å². The van der Waals surface area contributed by atoms with Crippen LogP contribution in [-0.4, -0.2) is 41.2 Å². The van der Waals surface area contributed by atoms with Gasteiger partial charge in [-0.25, -0.2) is 9.69 Å². The molecule has 3 atom stereocenters. The van der Waals surface area contributed by atoms with Gasteiger partial charge in [0.25, 0.3) is 0 Å². The number of aromatic amines is 1. The number of aromatic nitrogens is 1. The van der Waals surface area contributed by atoms with Gasteiger partial charge in [0.15, 0.2) is 6.61 Å². The average molecular weight is 575 g/mol. The van der Waals surface area contributed by atoms with Crippen molar-refractivity contribution >= 4 is 62.5 Å². The van der Waals surface area contributed by atoms with E-state index in [4.69, 9.17) is 9.47 Å². The summed E-state index contributed by atoms with van der Waals surface area (Å²) in [5.41, 5.74) is 1.29. The van der Waals surface area contributed by atoms with Crippen LogP contribution in [0.1, 0.15) is 23.3 Å². The lowest BCUT2D eigenvalue weighted by Gasteiger charge is -2.29. The van der Waals surface area contributed by atoms with Crippen LogP contribution < -0.4 is 14.5 Å². The Morgan fingerprint density at radius 2 is 1.77 bits per heavy atom. The minimum absolute atomic E-state index is 0.212. The van der Waals surface area contributed by atoms with Crippen molar-refractivity contribution < 1.29 is 23.9 Å². The Kier molecular flexibility index (Phi) is 6.56. The van der Waals surface area contributed by atoms with Crippen LogP contribution in [0.5, 0.6) is 5.75 Å². The predicted octanol–water partition coefficient (Wildman–Crippen LogP) is 3.94. The number of benzene rings is 2. The second-order valence-electron chi connectivity index (χ2n) is 7.90. The van der Waals surface area contributed by atoms with Gasteiger partial charge in [-0.1, -0.05) is 51.2 Å². The first-order chi connectivity index (χ1) is 16.9. The molecule has 0 bridgehead atoms. The number of ether oxygens (including phenoxy) is 2. The van der Waals surface area contributed by atoms with Gasteiger partial charge >= 0.3 is 10.8 Å². The number of nitrogens with zero attached hydrogens (tertiary/aromatic N) is 1. The highest BCUT2D eigenvalue weighted by molar-refractivity contribution is 9.10. The Hall–Kier alpha value is -2.89. The first kappa shape index (κ1) is 23.8. The fourth-order valence-corrected chi connectivity index (χ4v) is 7.12. The molecule has 0 aliphatic carbocycles. The van der Waals surface area contributed by atoms with E-state index in [2.05, 4.69) is 20.9 Å². The van der Waals surface area contributed by atoms with E-state index < -0.39 is 23.1 Å². The molecule has 1 fully saturated rings. The average Bonchev–Trinajstić information content (AvgIpc) is 3.33. The number of fused-ring (bicyclic) bond motifs is 2. The van der Waals surface area contributed by atoms with Crippen molar-refractivity contribution in [2.75, 3.05) is 18.1 Å². The highest BCUT2D eigenvalue weighted by Gasteiger charge is 2.56. The number of imide groups is 1. The Balaban J connectivity index is 1.49. The van der Waals surface area contributed by atoms with E-state index in [0.29, 0.717) is 16.5 Å². The molecule has 0 unspecified atom stereocenters. The Morgan fingerprint density at radius 3 is 2.46 bits per heavy atom. The van der Waals surface area contributed by atoms with Crippen molar-refractivity contribution in [2.24, 2.45) is 5.92 Å². The summed E-state index contributed by atoms with van der Waals surface area (Å²) >= 11 is 5.67. The third-order valence-electron chi connectivity index (χ3n) is 5.81. The molecule has 2 amide bonds. The van der Waals surface area contributed by atoms with Gasteiger partial charge in [-0.2, -0.15) is 0 Å². The number of nitrogens with one attached hydrogen (secondary N) is 1. The third kappa shape index (κ3) is 4.43. The van der Waals surface area contributed by atoms with Crippen LogP contribution in [0.3, 0.4) is 0 Å². The number of hydrogen-bond donors (Lipinski definition) is 1. The SMILES string of the molecule is CCOC(=O)COc1ccc([C@@H]2c3sc(=O)[nH]c3S[C@H]3C(=O)N(c4ccc(Br)cc4)C(=O)[C@@H]23)cc1. The fraction of sp³-hybridized carbons (Fsp3) is 0.250. The molecule has 2 aliphatic heterocycles. The minimum atomic E-state index is -0.665. The van der Waals surface area contributed by atoms with Crippen LogP contribution >= 0.6 is 39.0 Å². The molecule has 2 aromatic carbocycles. The van der Waals surface area contributed by atoms with Gasteiger partial charge < -0.3 is 14.5 Å². The van der Waals surface area contributed by atoms with Gasteiger partial charge in [0.2, 0.25) is 11.8 Å². The molecule has 11 heteroatoms. The Labute approximate surface area is 216 Å². The van der Waals surface area contributed by atoms with E-state index in [0.717, 1.165) is 26.3 Å². The normalized spacial score (nSPS) is 21.0. The zero-order valence-corrected chi connectivity index (χ0v) is 21.6. The summed E-state index contributed by atoms with van der Waals surface area (Å²) in [6.45, 7) is 1.78. The van der Waals surface area contributed by atoms with E-state index >= 15 is 0 Å². The monoisotopic (exact) mass is 574 g/mol. The van der Waals surface area contributed by atoms with Crippen molar-refractivity contribution in [3.8, 4) is 5.75 Å². The van der Waals surface area contributed by atoms with E-state index in [1.807, 2.05) is 0 Å². The number of carbonyl (C=O) groups excluding carboxylic acids is 3. The number of H-pyrrole nitrogens is 1. The van der Waals surface area contributed by atoms with Gasteiger partial charge in [0.1, 0.15) is 11.0 Å². The molecule has 0 radical (unpaired) electrons. The van der Waals surface area contributed by atoms with Crippen molar-refractivity contribution in [3.63, 3.8) is 0 Å². The molecule has 8 nitrogen and oxygen atoms in total. The van der Waals surface area contributed by atoms with E-state index in [-0.39, 0.29) is 29.9 Å². The lowest BCUT2D eigenvalue weighted by atomic mass is 9.83. The molecule has 3 aromatic rings. The number of halogens is 1. The fourth-order valence-electron chi connectivity index (χ4n) is 4.34. The topological polar surface area (TPSA) is 106 Å².